The van der Waals surface area contributed by atoms with E-state index in [9.17, 15) is 43.8 Å². The summed E-state index contributed by atoms with van der Waals surface area (Å²) in [7, 11) is 0. The number of fused-ring (bicyclic) bond motifs is 5. The van der Waals surface area contributed by atoms with Crippen molar-refractivity contribution in [3.05, 3.63) is 29.6 Å². The monoisotopic (exact) mass is 763 g/mol. The Morgan fingerprint density at radius 2 is 1.43 bits per heavy atom. The summed E-state index contributed by atoms with van der Waals surface area (Å²) in [6, 6.07) is 2.91. The Kier molecular flexibility index (Phi) is 10.6. The average molecular weight is 764 g/mol. The molecule has 18 heteroatoms. The van der Waals surface area contributed by atoms with Crippen LogP contribution < -0.4 is 0 Å². The summed E-state index contributed by atoms with van der Waals surface area (Å²) in [5.74, 6) is -10.4. The topological polar surface area (TPSA) is 247 Å². The highest BCUT2D eigenvalue weighted by molar-refractivity contribution is 5.91. The van der Waals surface area contributed by atoms with Crippen LogP contribution in [0.25, 0.3) is 0 Å². The third-order valence-corrected chi connectivity index (χ3v) is 11.2. The van der Waals surface area contributed by atoms with Gasteiger partial charge in [0.25, 0.3) is 0 Å². The number of hydrogen-bond acceptors (Lipinski definition) is 18. The van der Waals surface area contributed by atoms with Gasteiger partial charge in [0.05, 0.1) is 23.1 Å². The van der Waals surface area contributed by atoms with Crippen molar-refractivity contribution < 1.29 is 81.7 Å². The molecule has 4 aliphatic rings. The molecule has 2 saturated carbocycles. The quantitative estimate of drug-likeness (QED) is 0.295. The van der Waals surface area contributed by atoms with Crippen LogP contribution in [-0.4, -0.2) is 124 Å². The van der Waals surface area contributed by atoms with Crippen LogP contribution in [0.5, 0.6) is 0 Å². The van der Waals surface area contributed by atoms with Crippen molar-refractivity contribution in [1.82, 2.24) is 4.98 Å². The van der Waals surface area contributed by atoms with Crippen LogP contribution in [0.3, 0.4) is 0 Å². The standard InChI is InChI=1S/C36H45NO17/c1-15-16(2)31(44)53-28-25(43)29(51-20(6)41)35(14-47-17(3)38)30(52-21(7)42)26(49-18(4)39)23-27(50-19(5)40)36(35,34(28,9)46)54-33(23,8)13-48-32(45)22-11-10-12-37-24(15)22/h10-12,15-16,23,25-30,43,46H,13-14H2,1-9H3/t15?,16?,23?,25-,26+,27+,28-,29-,30+,33+,34-,35-,36-/m0/s1. The molecule has 54 heavy (non-hydrogen) atoms. The summed E-state index contributed by atoms with van der Waals surface area (Å²) in [5, 5.41) is 25.4. The summed E-state index contributed by atoms with van der Waals surface area (Å²) in [5.41, 5.74) is -9.90. The third-order valence-electron chi connectivity index (χ3n) is 11.2. The Bertz CT molecular complexity index is 1740. The number of pyridine rings is 1. The van der Waals surface area contributed by atoms with Crippen LogP contribution in [0.2, 0.25) is 0 Å². The Morgan fingerprint density at radius 1 is 0.852 bits per heavy atom. The molecule has 3 heterocycles. The van der Waals surface area contributed by atoms with Gasteiger partial charge >= 0.3 is 41.8 Å². The van der Waals surface area contributed by atoms with E-state index in [-0.39, 0.29) is 11.3 Å². The van der Waals surface area contributed by atoms with Gasteiger partial charge in [-0.1, -0.05) is 13.8 Å². The minimum Gasteiger partial charge on any atom is -0.465 e. The second kappa shape index (κ2) is 14.2. The van der Waals surface area contributed by atoms with Gasteiger partial charge in [0.15, 0.2) is 17.8 Å². The number of hydrogen-bond donors (Lipinski definition) is 2. The van der Waals surface area contributed by atoms with Gasteiger partial charge in [-0.25, -0.2) is 4.79 Å². The maximum atomic E-state index is 14.1. The van der Waals surface area contributed by atoms with Crippen molar-refractivity contribution in [1.29, 1.82) is 0 Å². The van der Waals surface area contributed by atoms with E-state index in [1.165, 1.54) is 32.2 Å². The summed E-state index contributed by atoms with van der Waals surface area (Å²) >= 11 is 0. The highest BCUT2D eigenvalue weighted by atomic mass is 16.7. The van der Waals surface area contributed by atoms with E-state index in [1.807, 2.05) is 0 Å². The van der Waals surface area contributed by atoms with Crippen molar-refractivity contribution in [2.45, 2.75) is 122 Å². The molecule has 296 valence electrons. The molecule has 1 aromatic rings. The summed E-state index contributed by atoms with van der Waals surface area (Å²) < 4.78 is 47.8. The van der Waals surface area contributed by atoms with E-state index >= 15 is 0 Å². The predicted octanol–water partition coefficient (Wildman–Crippen LogP) is 0.463. The van der Waals surface area contributed by atoms with Crippen LogP contribution in [0.15, 0.2) is 18.3 Å². The lowest BCUT2D eigenvalue weighted by Crippen LogP contribution is -2.89. The first kappa shape index (κ1) is 40.5. The number of rotatable bonds is 6. The Labute approximate surface area is 310 Å². The number of aromatic nitrogens is 1. The van der Waals surface area contributed by atoms with Gasteiger partial charge in [-0.2, -0.15) is 0 Å². The Morgan fingerprint density at radius 3 is 2.00 bits per heavy atom. The van der Waals surface area contributed by atoms with Gasteiger partial charge in [0.1, 0.15) is 54.2 Å². The maximum Gasteiger partial charge on any atom is 0.340 e. The molecular formula is C36H45NO17. The van der Waals surface area contributed by atoms with E-state index in [4.69, 9.17) is 37.9 Å². The maximum absolute atomic E-state index is 14.1. The second-order valence-corrected chi connectivity index (χ2v) is 14.7. The van der Waals surface area contributed by atoms with Crippen molar-refractivity contribution in [2.24, 2.45) is 17.3 Å². The van der Waals surface area contributed by atoms with Crippen LogP contribution in [-0.2, 0) is 66.7 Å². The smallest absolute Gasteiger partial charge is 0.340 e. The van der Waals surface area contributed by atoms with Crippen molar-refractivity contribution >= 4 is 41.8 Å². The first-order chi connectivity index (χ1) is 25.1. The molecule has 5 rings (SSSR count). The fourth-order valence-electron chi connectivity index (χ4n) is 8.96. The number of cyclic esters (lactones) is 1. The van der Waals surface area contributed by atoms with Crippen LogP contribution >= 0.6 is 0 Å². The number of carbonyl (C=O) groups excluding carboxylic acids is 7. The Hall–Kier alpha value is -4.68. The average Bonchev–Trinajstić information content (AvgIpc) is 3.29. The van der Waals surface area contributed by atoms with E-state index in [0.29, 0.717) is 0 Å². The van der Waals surface area contributed by atoms with Gasteiger partial charge in [-0.3, -0.25) is 33.8 Å². The zero-order chi connectivity index (χ0) is 40.3. The number of ether oxygens (including phenoxy) is 8. The molecule has 2 N–H and O–H groups in total. The molecule has 3 fully saturated rings. The van der Waals surface area contributed by atoms with Crippen LogP contribution in [0.1, 0.15) is 84.3 Å². The molecule has 18 nitrogen and oxygen atoms in total. The SMILES string of the molecule is CC(=O)OC[C@]12[C@H](OC(C)=O)[C@H](OC(C)=O)C3[C@@H](OC(C)=O)[C@@]14O[C@]3(C)COC(=O)c1cccnc1C(C)C(C)C(=O)O[C@@H]([C@H](O)[C@@H]2OC(C)=O)[C@]4(C)O. The van der Waals surface area contributed by atoms with Gasteiger partial charge < -0.3 is 48.1 Å². The molecule has 2 aliphatic carbocycles. The summed E-state index contributed by atoms with van der Waals surface area (Å²) in [6.45, 7) is 8.79. The number of esters is 7. The molecule has 1 saturated heterocycles. The molecule has 0 aromatic carbocycles. The van der Waals surface area contributed by atoms with E-state index in [0.717, 1.165) is 41.5 Å². The number of aliphatic hydroxyl groups is 2. The molecule has 2 aliphatic heterocycles. The van der Waals surface area contributed by atoms with Crippen LogP contribution in [0.4, 0.5) is 0 Å². The van der Waals surface area contributed by atoms with E-state index in [2.05, 4.69) is 4.98 Å². The zero-order valence-electron chi connectivity index (χ0n) is 31.3. The lowest BCUT2D eigenvalue weighted by Gasteiger charge is -2.67. The highest BCUT2D eigenvalue weighted by Gasteiger charge is 2.91. The predicted molar refractivity (Wildman–Crippen MR) is 176 cm³/mol. The van der Waals surface area contributed by atoms with E-state index < -0.39 is 132 Å². The third kappa shape index (κ3) is 6.17. The van der Waals surface area contributed by atoms with E-state index in [1.54, 1.807) is 6.92 Å². The van der Waals surface area contributed by atoms with Gasteiger partial charge in [0.2, 0.25) is 0 Å². The fourth-order valence-corrected chi connectivity index (χ4v) is 8.96. The number of nitrogens with zero attached hydrogens (tertiary/aromatic N) is 1. The minimum atomic E-state index is -2.78. The van der Waals surface area contributed by atoms with Gasteiger partial charge in [0, 0.05) is 46.7 Å². The summed E-state index contributed by atoms with van der Waals surface area (Å²) in [4.78, 5) is 97.0. The Balaban J connectivity index is 1.96. The first-order valence-corrected chi connectivity index (χ1v) is 17.3. The largest absolute Gasteiger partial charge is 0.465 e. The second-order valence-electron chi connectivity index (χ2n) is 14.7. The molecule has 3 unspecified atom stereocenters. The van der Waals surface area contributed by atoms with Crippen molar-refractivity contribution in [3.8, 4) is 0 Å². The highest BCUT2D eigenvalue weighted by Crippen LogP contribution is 2.70. The number of carbonyl (C=O) groups is 7. The van der Waals surface area contributed by atoms with Crippen LogP contribution in [0, 0.1) is 17.3 Å². The fraction of sp³-hybridized carbons (Fsp3) is 0.667. The van der Waals surface area contributed by atoms with Crippen molar-refractivity contribution in [3.63, 3.8) is 0 Å². The first-order valence-electron chi connectivity index (χ1n) is 17.3. The molecular weight excluding hydrogens is 718 g/mol. The molecule has 1 aromatic heterocycles. The molecule has 13 atom stereocenters. The summed E-state index contributed by atoms with van der Waals surface area (Å²) in [6.07, 6.45) is -10.6. The normalized spacial score (nSPS) is 39.8. The van der Waals surface area contributed by atoms with Gasteiger partial charge in [-0.05, 0) is 26.0 Å². The minimum absolute atomic E-state index is 0.0262. The molecule has 4 bridgehead atoms. The van der Waals surface area contributed by atoms with Crippen molar-refractivity contribution in [2.75, 3.05) is 13.2 Å². The van der Waals surface area contributed by atoms with Gasteiger partial charge in [-0.15, -0.1) is 0 Å². The zero-order valence-corrected chi connectivity index (χ0v) is 31.3. The molecule has 0 radical (unpaired) electrons. The number of aliphatic hydroxyl groups excluding tert-OH is 1. The lowest BCUT2D eigenvalue weighted by molar-refractivity contribution is -0.386. The molecule has 0 amide bonds. The lowest BCUT2D eigenvalue weighted by atomic mass is 9.45. The molecule has 1 spiro atoms.